The summed E-state index contributed by atoms with van der Waals surface area (Å²) in [5, 5.41) is 0. The van der Waals surface area contributed by atoms with Crippen molar-refractivity contribution in [3.8, 4) is 0 Å². The van der Waals surface area contributed by atoms with E-state index in [0.717, 1.165) is 0 Å². The SMILES string of the molecule is C1=C[C@@H](c2ccccc2)[C@@H](c2ccccc2)C(c2ccccc2)=C1. The molecule has 0 amide bonds. The highest BCUT2D eigenvalue weighted by Gasteiger charge is 2.28. The molecule has 3 aromatic carbocycles. The van der Waals surface area contributed by atoms with Gasteiger partial charge in [0.2, 0.25) is 0 Å². The van der Waals surface area contributed by atoms with Gasteiger partial charge in [0.1, 0.15) is 0 Å². The molecule has 0 saturated heterocycles. The zero-order valence-electron chi connectivity index (χ0n) is 13.5. The molecule has 1 aliphatic rings. The Morgan fingerprint density at radius 2 is 1.08 bits per heavy atom. The maximum absolute atomic E-state index is 2.33. The van der Waals surface area contributed by atoms with Gasteiger partial charge in [-0.15, -0.1) is 0 Å². The monoisotopic (exact) mass is 308 g/mol. The van der Waals surface area contributed by atoms with E-state index in [0.29, 0.717) is 11.8 Å². The van der Waals surface area contributed by atoms with Crippen molar-refractivity contribution in [3.05, 3.63) is 126 Å². The Hall–Kier alpha value is -2.86. The lowest BCUT2D eigenvalue weighted by Crippen LogP contribution is -2.14. The van der Waals surface area contributed by atoms with Crippen LogP contribution in [0.5, 0.6) is 0 Å². The van der Waals surface area contributed by atoms with Crippen molar-refractivity contribution in [1.82, 2.24) is 0 Å². The molecular formula is C24H20. The summed E-state index contributed by atoms with van der Waals surface area (Å²) in [6.45, 7) is 0. The van der Waals surface area contributed by atoms with Crippen LogP contribution in [-0.4, -0.2) is 0 Å². The molecule has 24 heavy (non-hydrogen) atoms. The van der Waals surface area contributed by atoms with E-state index < -0.39 is 0 Å². The molecule has 0 fully saturated rings. The predicted molar refractivity (Wildman–Crippen MR) is 102 cm³/mol. The van der Waals surface area contributed by atoms with Crippen LogP contribution in [0, 0.1) is 0 Å². The molecule has 3 aromatic rings. The number of hydrogen-bond donors (Lipinski definition) is 0. The number of rotatable bonds is 3. The second-order valence-electron chi connectivity index (χ2n) is 6.20. The third-order valence-electron chi connectivity index (χ3n) is 4.74. The first-order chi connectivity index (χ1) is 11.9. The number of hydrogen-bond acceptors (Lipinski definition) is 0. The number of benzene rings is 3. The van der Waals surface area contributed by atoms with E-state index in [1.807, 2.05) is 0 Å². The Morgan fingerprint density at radius 1 is 0.542 bits per heavy atom. The van der Waals surface area contributed by atoms with E-state index in [4.69, 9.17) is 0 Å². The molecule has 0 radical (unpaired) electrons. The fourth-order valence-corrected chi connectivity index (χ4v) is 3.62. The quantitative estimate of drug-likeness (QED) is 0.540. The lowest BCUT2D eigenvalue weighted by molar-refractivity contribution is 0.746. The summed E-state index contributed by atoms with van der Waals surface area (Å²) in [5.41, 5.74) is 5.42. The van der Waals surface area contributed by atoms with Crippen LogP contribution in [0.2, 0.25) is 0 Å². The highest BCUT2D eigenvalue weighted by atomic mass is 14.3. The molecule has 0 heterocycles. The predicted octanol–water partition coefficient (Wildman–Crippen LogP) is 6.21. The van der Waals surface area contributed by atoms with Crippen molar-refractivity contribution in [2.24, 2.45) is 0 Å². The highest BCUT2D eigenvalue weighted by Crippen LogP contribution is 2.45. The summed E-state index contributed by atoms with van der Waals surface area (Å²) >= 11 is 0. The van der Waals surface area contributed by atoms with Gasteiger partial charge in [-0.1, -0.05) is 109 Å². The molecule has 0 unspecified atom stereocenters. The molecule has 0 aliphatic heterocycles. The van der Waals surface area contributed by atoms with E-state index >= 15 is 0 Å². The molecule has 0 heteroatoms. The zero-order chi connectivity index (χ0) is 16.2. The lowest BCUT2D eigenvalue weighted by Gasteiger charge is -2.31. The van der Waals surface area contributed by atoms with Gasteiger partial charge in [0, 0.05) is 11.8 Å². The normalized spacial score (nSPS) is 19.8. The van der Waals surface area contributed by atoms with Crippen molar-refractivity contribution in [3.63, 3.8) is 0 Å². The van der Waals surface area contributed by atoms with Crippen LogP contribution in [0.15, 0.2) is 109 Å². The minimum atomic E-state index is 0.334. The van der Waals surface area contributed by atoms with E-state index in [-0.39, 0.29) is 0 Å². The molecule has 0 spiro atoms. The van der Waals surface area contributed by atoms with Crippen LogP contribution in [0.4, 0.5) is 0 Å². The summed E-state index contributed by atoms with van der Waals surface area (Å²) in [5.74, 6) is 0.690. The maximum Gasteiger partial charge on any atom is 0.0199 e. The first-order valence-corrected chi connectivity index (χ1v) is 8.47. The summed E-state index contributed by atoms with van der Waals surface area (Å²) in [7, 11) is 0. The molecule has 0 N–H and O–H groups in total. The summed E-state index contributed by atoms with van der Waals surface area (Å²) in [6.07, 6.45) is 6.81. The Morgan fingerprint density at radius 3 is 1.71 bits per heavy atom. The van der Waals surface area contributed by atoms with E-state index in [1.165, 1.54) is 22.3 Å². The van der Waals surface area contributed by atoms with Crippen LogP contribution in [0.3, 0.4) is 0 Å². The lowest BCUT2D eigenvalue weighted by atomic mass is 9.72. The summed E-state index contributed by atoms with van der Waals surface area (Å²) in [6, 6.07) is 32.4. The first kappa shape index (κ1) is 14.7. The highest BCUT2D eigenvalue weighted by molar-refractivity contribution is 5.76. The second kappa shape index (κ2) is 6.72. The van der Waals surface area contributed by atoms with Crippen molar-refractivity contribution >= 4 is 5.57 Å². The summed E-state index contributed by atoms with van der Waals surface area (Å²) < 4.78 is 0. The maximum atomic E-state index is 2.33. The van der Waals surface area contributed by atoms with Gasteiger partial charge >= 0.3 is 0 Å². The van der Waals surface area contributed by atoms with Gasteiger partial charge in [0.05, 0.1) is 0 Å². The van der Waals surface area contributed by atoms with Gasteiger partial charge in [-0.3, -0.25) is 0 Å². The molecule has 0 bridgehead atoms. The van der Waals surface area contributed by atoms with Gasteiger partial charge in [-0.05, 0) is 22.3 Å². The minimum absolute atomic E-state index is 0.334. The van der Waals surface area contributed by atoms with Gasteiger partial charge in [-0.2, -0.15) is 0 Å². The van der Waals surface area contributed by atoms with Crippen molar-refractivity contribution in [1.29, 1.82) is 0 Å². The second-order valence-corrected chi connectivity index (χ2v) is 6.20. The van der Waals surface area contributed by atoms with Gasteiger partial charge in [-0.25, -0.2) is 0 Å². The zero-order valence-corrected chi connectivity index (χ0v) is 13.5. The van der Waals surface area contributed by atoms with Gasteiger partial charge in [0.25, 0.3) is 0 Å². The van der Waals surface area contributed by atoms with E-state index in [1.54, 1.807) is 0 Å². The fourth-order valence-electron chi connectivity index (χ4n) is 3.62. The van der Waals surface area contributed by atoms with Crippen LogP contribution < -0.4 is 0 Å². The standard InChI is InChI=1S/C24H20/c1-4-11-19(12-5-1)22-17-10-18-23(20-13-6-2-7-14-20)24(22)21-15-8-3-9-16-21/h1-18,22,24H/t22-,24+/m0/s1. The van der Waals surface area contributed by atoms with E-state index in [9.17, 15) is 0 Å². The third-order valence-corrected chi connectivity index (χ3v) is 4.74. The smallest absolute Gasteiger partial charge is 0.0199 e. The molecule has 4 rings (SSSR count). The fraction of sp³-hybridized carbons (Fsp3) is 0.0833. The molecular weight excluding hydrogens is 288 g/mol. The Bertz CT molecular complexity index is 842. The Labute approximate surface area is 143 Å². The Balaban J connectivity index is 1.84. The molecule has 0 nitrogen and oxygen atoms in total. The van der Waals surface area contributed by atoms with Gasteiger partial charge < -0.3 is 0 Å². The molecule has 1 aliphatic carbocycles. The van der Waals surface area contributed by atoms with Crippen LogP contribution in [0.25, 0.3) is 5.57 Å². The minimum Gasteiger partial charge on any atom is -0.0760 e. The molecule has 2 atom stereocenters. The molecule has 116 valence electrons. The van der Waals surface area contributed by atoms with Crippen molar-refractivity contribution < 1.29 is 0 Å². The molecule has 0 aromatic heterocycles. The Kier molecular flexibility index (Phi) is 4.12. The third kappa shape index (κ3) is 2.83. The average molecular weight is 308 g/mol. The largest absolute Gasteiger partial charge is 0.0760 e. The topological polar surface area (TPSA) is 0 Å². The van der Waals surface area contributed by atoms with E-state index in [2.05, 4.69) is 109 Å². The van der Waals surface area contributed by atoms with Crippen molar-refractivity contribution in [2.45, 2.75) is 11.8 Å². The average Bonchev–Trinajstić information content (AvgIpc) is 2.69. The molecule has 0 saturated carbocycles. The van der Waals surface area contributed by atoms with Crippen molar-refractivity contribution in [2.75, 3.05) is 0 Å². The number of allylic oxidation sites excluding steroid dienone is 4. The summed E-state index contributed by atoms with van der Waals surface area (Å²) in [4.78, 5) is 0. The van der Waals surface area contributed by atoms with Crippen LogP contribution in [-0.2, 0) is 0 Å². The van der Waals surface area contributed by atoms with Gasteiger partial charge in [0.15, 0.2) is 0 Å². The van der Waals surface area contributed by atoms with Crippen LogP contribution in [0.1, 0.15) is 28.5 Å². The van der Waals surface area contributed by atoms with Crippen LogP contribution >= 0.6 is 0 Å². The first-order valence-electron chi connectivity index (χ1n) is 8.47.